The molecule has 0 unspecified atom stereocenters. The second-order valence-corrected chi connectivity index (χ2v) is 8.21. The van der Waals surface area contributed by atoms with Crippen molar-refractivity contribution in [2.75, 3.05) is 13.2 Å². The molecule has 1 atom stereocenters. The van der Waals surface area contributed by atoms with Crippen molar-refractivity contribution in [3.05, 3.63) is 59.2 Å². The molecule has 2 rings (SSSR count). The fraction of sp³-hybridized carbons (Fsp3) is 0.350. The average Bonchev–Trinajstić information content (AvgIpc) is 2.57. The third kappa shape index (κ3) is 6.37. The number of benzene rings is 2. The molecule has 27 heavy (non-hydrogen) atoms. The number of hydrogen-bond acceptors (Lipinski definition) is 5. The van der Waals surface area contributed by atoms with Crippen LogP contribution >= 0.6 is 0 Å². The van der Waals surface area contributed by atoms with Crippen LogP contribution in [0.2, 0.25) is 0 Å². The van der Waals surface area contributed by atoms with Crippen LogP contribution in [0.25, 0.3) is 0 Å². The highest BCUT2D eigenvalue weighted by Crippen LogP contribution is 2.16. The second kappa shape index (κ2) is 9.01. The standard InChI is InChI=1S/C20H25NO5S/c1-14-5-7-19(8-6-14)27(23,24)21-17(4)20(22)26-10-9-25-18-12-15(2)11-16(3)13-18/h5-8,11-13,17,21H,9-10H2,1-4H3/t17-/m0/s1. The van der Waals surface area contributed by atoms with Gasteiger partial charge in [-0.15, -0.1) is 0 Å². The van der Waals surface area contributed by atoms with E-state index in [2.05, 4.69) is 4.72 Å². The smallest absolute Gasteiger partial charge is 0.324 e. The molecule has 0 aromatic heterocycles. The number of nitrogens with one attached hydrogen (secondary N) is 1. The van der Waals surface area contributed by atoms with Crippen LogP contribution < -0.4 is 9.46 Å². The predicted molar refractivity (Wildman–Crippen MR) is 103 cm³/mol. The number of ether oxygens (including phenoxy) is 2. The summed E-state index contributed by atoms with van der Waals surface area (Å²) in [5.74, 6) is 0.0476. The Hall–Kier alpha value is -2.38. The number of esters is 1. The first-order valence-electron chi connectivity index (χ1n) is 8.64. The Bertz CT molecular complexity index is 871. The summed E-state index contributed by atoms with van der Waals surface area (Å²) in [4.78, 5) is 12.1. The third-order valence-corrected chi connectivity index (χ3v) is 5.36. The van der Waals surface area contributed by atoms with Crippen LogP contribution in [0.15, 0.2) is 47.4 Å². The summed E-state index contributed by atoms with van der Waals surface area (Å²) in [5.41, 5.74) is 3.12. The Balaban J connectivity index is 1.82. The molecular weight excluding hydrogens is 366 g/mol. The van der Waals surface area contributed by atoms with Gasteiger partial charge in [0.2, 0.25) is 10.0 Å². The van der Waals surface area contributed by atoms with Gasteiger partial charge in [0.15, 0.2) is 0 Å². The van der Waals surface area contributed by atoms with Crippen molar-refractivity contribution in [3.63, 3.8) is 0 Å². The predicted octanol–water partition coefficient (Wildman–Crippen LogP) is 2.90. The van der Waals surface area contributed by atoms with E-state index in [0.717, 1.165) is 16.7 Å². The molecule has 2 aromatic rings. The van der Waals surface area contributed by atoms with Crippen molar-refractivity contribution in [2.45, 2.75) is 38.6 Å². The van der Waals surface area contributed by atoms with Crippen molar-refractivity contribution < 1.29 is 22.7 Å². The van der Waals surface area contributed by atoms with Crippen molar-refractivity contribution in [2.24, 2.45) is 0 Å². The van der Waals surface area contributed by atoms with Crippen LogP contribution in [0.3, 0.4) is 0 Å². The maximum atomic E-state index is 12.3. The Labute approximate surface area is 160 Å². The molecule has 0 aliphatic carbocycles. The minimum atomic E-state index is -3.79. The van der Waals surface area contributed by atoms with Gasteiger partial charge in [0.05, 0.1) is 4.90 Å². The quantitative estimate of drug-likeness (QED) is 0.553. The highest BCUT2D eigenvalue weighted by molar-refractivity contribution is 7.89. The molecule has 146 valence electrons. The summed E-state index contributed by atoms with van der Waals surface area (Å²) in [7, 11) is -3.79. The first-order valence-corrected chi connectivity index (χ1v) is 10.1. The minimum absolute atomic E-state index is 0.0302. The molecule has 0 amide bonds. The first-order chi connectivity index (χ1) is 12.7. The fourth-order valence-electron chi connectivity index (χ4n) is 2.51. The zero-order chi connectivity index (χ0) is 20.0. The van der Waals surface area contributed by atoms with E-state index < -0.39 is 22.0 Å². The summed E-state index contributed by atoms with van der Waals surface area (Å²) >= 11 is 0. The number of sulfonamides is 1. The number of aryl methyl sites for hydroxylation is 3. The van der Waals surface area contributed by atoms with Crippen molar-refractivity contribution >= 4 is 16.0 Å². The van der Waals surface area contributed by atoms with Crippen LogP contribution in [0, 0.1) is 20.8 Å². The summed E-state index contributed by atoms with van der Waals surface area (Å²) in [5, 5.41) is 0. The molecule has 0 bridgehead atoms. The van der Waals surface area contributed by atoms with Gasteiger partial charge in [0.25, 0.3) is 0 Å². The van der Waals surface area contributed by atoms with Gasteiger partial charge in [-0.1, -0.05) is 23.8 Å². The van der Waals surface area contributed by atoms with E-state index in [1.165, 1.54) is 19.1 Å². The topological polar surface area (TPSA) is 81.7 Å². The largest absolute Gasteiger partial charge is 0.490 e. The van der Waals surface area contributed by atoms with Crippen molar-refractivity contribution in [1.29, 1.82) is 0 Å². The molecule has 0 fully saturated rings. The van der Waals surface area contributed by atoms with Gasteiger partial charge in [-0.25, -0.2) is 8.42 Å². The molecule has 6 nitrogen and oxygen atoms in total. The van der Waals surface area contributed by atoms with Crippen LogP contribution in [-0.2, 0) is 19.6 Å². The molecular formula is C20H25NO5S. The van der Waals surface area contributed by atoms with E-state index in [-0.39, 0.29) is 18.1 Å². The fourth-order valence-corrected chi connectivity index (χ4v) is 3.70. The normalized spacial score (nSPS) is 12.4. The number of carbonyl (C=O) groups is 1. The summed E-state index contributed by atoms with van der Waals surface area (Å²) in [6.07, 6.45) is 0. The average molecular weight is 391 g/mol. The van der Waals surface area contributed by atoms with Crippen molar-refractivity contribution in [1.82, 2.24) is 4.72 Å². The zero-order valence-corrected chi connectivity index (χ0v) is 16.8. The van der Waals surface area contributed by atoms with Crippen LogP contribution in [-0.4, -0.2) is 33.6 Å². The Morgan fingerprint density at radius 3 is 2.15 bits per heavy atom. The molecule has 0 saturated carbocycles. The maximum Gasteiger partial charge on any atom is 0.324 e. The lowest BCUT2D eigenvalue weighted by Gasteiger charge is -2.14. The van der Waals surface area contributed by atoms with Crippen molar-refractivity contribution in [3.8, 4) is 5.75 Å². The molecule has 0 aliphatic heterocycles. The Morgan fingerprint density at radius 1 is 0.963 bits per heavy atom. The lowest BCUT2D eigenvalue weighted by Crippen LogP contribution is -2.39. The zero-order valence-electron chi connectivity index (χ0n) is 16.0. The van der Waals surface area contributed by atoms with Gasteiger partial charge in [-0.2, -0.15) is 4.72 Å². The third-order valence-electron chi connectivity index (χ3n) is 3.81. The summed E-state index contributed by atoms with van der Waals surface area (Å²) in [6, 6.07) is 11.2. The number of rotatable bonds is 8. The highest BCUT2D eigenvalue weighted by atomic mass is 32.2. The number of carbonyl (C=O) groups excluding carboxylic acids is 1. The van der Waals surface area contributed by atoms with Gasteiger partial charge in [0, 0.05) is 0 Å². The maximum absolute atomic E-state index is 12.3. The van der Waals surface area contributed by atoms with Gasteiger partial charge >= 0.3 is 5.97 Å². The first kappa shape index (κ1) is 20.9. The second-order valence-electron chi connectivity index (χ2n) is 6.50. The Morgan fingerprint density at radius 2 is 1.56 bits per heavy atom. The van der Waals surface area contributed by atoms with E-state index in [9.17, 15) is 13.2 Å². The lowest BCUT2D eigenvalue weighted by atomic mass is 10.1. The molecule has 0 spiro atoms. The molecule has 7 heteroatoms. The monoisotopic (exact) mass is 391 g/mol. The summed E-state index contributed by atoms with van der Waals surface area (Å²) < 4.78 is 37.6. The minimum Gasteiger partial charge on any atom is -0.490 e. The van der Waals surface area contributed by atoms with E-state index in [1.807, 2.05) is 39.0 Å². The van der Waals surface area contributed by atoms with Crippen LogP contribution in [0.4, 0.5) is 0 Å². The van der Waals surface area contributed by atoms with Gasteiger partial charge < -0.3 is 9.47 Å². The summed E-state index contributed by atoms with van der Waals surface area (Å²) in [6.45, 7) is 7.47. The van der Waals surface area contributed by atoms with E-state index in [4.69, 9.17) is 9.47 Å². The molecule has 1 N–H and O–H groups in total. The molecule has 0 saturated heterocycles. The lowest BCUT2D eigenvalue weighted by molar-refractivity contribution is -0.145. The Kier molecular flexibility index (Phi) is 6.98. The van der Waals surface area contributed by atoms with Gasteiger partial charge in [0.1, 0.15) is 25.0 Å². The molecule has 0 aliphatic rings. The van der Waals surface area contributed by atoms with Crippen LogP contribution in [0.5, 0.6) is 5.75 Å². The van der Waals surface area contributed by atoms with E-state index >= 15 is 0 Å². The van der Waals surface area contributed by atoms with E-state index in [1.54, 1.807) is 12.1 Å². The molecule has 0 radical (unpaired) electrons. The number of hydrogen-bond donors (Lipinski definition) is 1. The van der Waals surface area contributed by atoms with E-state index in [0.29, 0.717) is 5.75 Å². The molecule has 2 aromatic carbocycles. The highest BCUT2D eigenvalue weighted by Gasteiger charge is 2.23. The van der Waals surface area contributed by atoms with Crippen LogP contribution in [0.1, 0.15) is 23.6 Å². The van der Waals surface area contributed by atoms with Gasteiger partial charge in [-0.05, 0) is 63.1 Å². The van der Waals surface area contributed by atoms with Gasteiger partial charge in [-0.3, -0.25) is 4.79 Å². The molecule has 0 heterocycles. The SMILES string of the molecule is Cc1ccc(S(=O)(=O)N[C@@H](C)C(=O)OCCOc2cc(C)cc(C)c2)cc1.